The van der Waals surface area contributed by atoms with Crippen LogP contribution < -0.4 is 15.7 Å². The van der Waals surface area contributed by atoms with Gasteiger partial charge in [-0.15, -0.1) is 0 Å². The van der Waals surface area contributed by atoms with Crippen molar-refractivity contribution in [1.82, 2.24) is 5.09 Å². The predicted molar refractivity (Wildman–Crippen MR) is 101 cm³/mol. The van der Waals surface area contributed by atoms with E-state index < -0.39 is 8.07 Å². The number of carbonyl (C=O) groups is 1. The van der Waals surface area contributed by atoms with Gasteiger partial charge in [0, 0.05) is 8.07 Å². The van der Waals surface area contributed by atoms with Crippen molar-refractivity contribution in [2.75, 3.05) is 19.1 Å². The first-order valence-corrected chi connectivity index (χ1v) is 10.2. The first-order valence-electron chi connectivity index (χ1n) is 7.49. The molecule has 0 fully saturated rings. The van der Waals surface area contributed by atoms with Crippen LogP contribution >= 0.6 is 19.8 Å². The lowest BCUT2D eigenvalue weighted by molar-refractivity contribution is -0.142. The van der Waals surface area contributed by atoms with Crippen LogP contribution in [0.15, 0.2) is 60.7 Å². The van der Waals surface area contributed by atoms with Crippen LogP contribution in [0.5, 0.6) is 0 Å². The van der Waals surface area contributed by atoms with Crippen LogP contribution in [0.2, 0.25) is 0 Å². The molecule has 0 saturated heterocycles. The van der Waals surface area contributed by atoms with Crippen LogP contribution in [0.3, 0.4) is 0 Å². The largest absolute Gasteiger partial charge is 0.468 e. The Morgan fingerprint density at radius 3 is 2.04 bits per heavy atom. The topological polar surface area (TPSA) is 38.3 Å². The molecule has 0 aliphatic rings. The van der Waals surface area contributed by atoms with Crippen LogP contribution in [-0.2, 0) is 9.53 Å². The Labute approximate surface area is 143 Å². The lowest BCUT2D eigenvalue weighted by Crippen LogP contribution is -2.39. The van der Waals surface area contributed by atoms with Crippen molar-refractivity contribution in [3.05, 3.63) is 60.7 Å². The van der Waals surface area contributed by atoms with E-state index in [0.29, 0.717) is 0 Å². The maximum absolute atomic E-state index is 12.1. The average molecular weight is 347 g/mol. The highest BCUT2D eigenvalue weighted by Crippen LogP contribution is 2.30. The summed E-state index contributed by atoms with van der Waals surface area (Å²) in [4.78, 5) is 12.1. The predicted octanol–water partition coefficient (Wildman–Crippen LogP) is 2.92. The van der Waals surface area contributed by atoms with Gasteiger partial charge in [0.15, 0.2) is 0 Å². The van der Waals surface area contributed by atoms with Crippen molar-refractivity contribution >= 4 is 36.4 Å². The third kappa shape index (κ3) is 5.35. The Morgan fingerprint density at radius 1 is 1.09 bits per heavy atom. The second-order valence-corrected chi connectivity index (χ2v) is 7.94. The number of ether oxygens (including phenoxy) is 1. The molecule has 2 aromatic carbocycles. The van der Waals surface area contributed by atoms with E-state index in [9.17, 15) is 4.79 Å². The monoisotopic (exact) mass is 347 g/mol. The number of esters is 1. The van der Waals surface area contributed by atoms with E-state index in [-0.39, 0.29) is 12.0 Å². The molecule has 0 radical (unpaired) electrons. The van der Waals surface area contributed by atoms with Crippen LogP contribution in [-0.4, -0.2) is 31.1 Å². The SMILES string of the molecule is COC(=O)[C@H](CCSC)NP(c1ccccc1)c1ccccc1. The van der Waals surface area contributed by atoms with E-state index in [1.807, 2.05) is 42.7 Å². The third-order valence-corrected chi connectivity index (χ3v) is 6.25. The molecular weight excluding hydrogens is 325 g/mol. The van der Waals surface area contributed by atoms with Gasteiger partial charge in [-0.25, -0.2) is 0 Å². The second-order valence-electron chi connectivity index (χ2n) is 4.99. The van der Waals surface area contributed by atoms with Gasteiger partial charge in [-0.1, -0.05) is 60.7 Å². The second kappa shape index (κ2) is 9.71. The Balaban J connectivity index is 2.27. The van der Waals surface area contributed by atoms with Crippen molar-refractivity contribution in [1.29, 1.82) is 0 Å². The number of rotatable bonds is 8. The fourth-order valence-corrected chi connectivity index (χ4v) is 4.78. The first kappa shape index (κ1) is 18.0. The number of nitrogens with one attached hydrogen (secondary N) is 1. The summed E-state index contributed by atoms with van der Waals surface area (Å²) < 4.78 is 4.98. The van der Waals surface area contributed by atoms with Gasteiger partial charge >= 0.3 is 5.97 Å². The molecule has 2 aromatic rings. The minimum atomic E-state index is -0.805. The third-order valence-electron chi connectivity index (χ3n) is 3.41. The molecule has 0 heterocycles. The van der Waals surface area contributed by atoms with Crippen molar-refractivity contribution in [2.45, 2.75) is 12.5 Å². The minimum Gasteiger partial charge on any atom is -0.468 e. The summed E-state index contributed by atoms with van der Waals surface area (Å²) in [6, 6.07) is 20.3. The van der Waals surface area contributed by atoms with E-state index >= 15 is 0 Å². The highest BCUT2D eigenvalue weighted by atomic mass is 32.2. The molecular formula is C18H22NO2PS. The van der Waals surface area contributed by atoms with Gasteiger partial charge in [0.2, 0.25) is 0 Å². The first-order chi connectivity index (χ1) is 11.3. The molecule has 122 valence electrons. The Morgan fingerprint density at radius 2 is 1.61 bits per heavy atom. The molecule has 0 bridgehead atoms. The number of thioether (sulfide) groups is 1. The van der Waals surface area contributed by atoms with Gasteiger partial charge in [0.1, 0.15) is 6.04 Å². The van der Waals surface area contributed by atoms with E-state index in [0.717, 1.165) is 12.2 Å². The summed E-state index contributed by atoms with van der Waals surface area (Å²) in [6.07, 6.45) is 2.80. The maximum atomic E-state index is 12.1. The van der Waals surface area contributed by atoms with Crippen LogP contribution in [0.25, 0.3) is 0 Å². The molecule has 3 nitrogen and oxygen atoms in total. The van der Waals surface area contributed by atoms with Crippen molar-refractivity contribution in [3.63, 3.8) is 0 Å². The molecule has 0 aliphatic heterocycles. The van der Waals surface area contributed by atoms with Crippen LogP contribution in [0.1, 0.15) is 6.42 Å². The molecule has 1 atom stereocenters. The van der Waals surface area contributed by atoms with Gasteiger partial charge in [0.05, 0.1) is 7.11 Å². The molecule has 0 spiro atoms. The Bertz CT molecular complexity index is 555. The zero-order valence-electron chi connectivity index (χ0n) is 13.4. The number of methoxy groups -OCH3 is 1. The van der Waals surface area contributed by atoms with E-state index in [4.69, 9.17) is 4.74 Å². The number of benzene rings is 2. The summed E-state index contributed by atoms with van der Waals surface area (Å²) >= 11 is 1.74. The molecule has 0 saturated carbocycles. The highest BCUT2D eigenvalue weighted by molar-refractivity contribution is 7.98. The molecule has 23 heavy (non-hydrogen) atoms. The zero-order valence-corrected chi connectivity index (χ0v) is 15.1. The summed E-state index contributed by atoms with van der Waals surface area (Å²) in [6.45, 7) is 0. The minimum absolute atomic E-state index is 0.196. The lowest BCUT2D eigenvalue weighted by atomic mass is 10.2. The normalized spacial score (nSPS) is 12.1. The fourth-order valence-electron chi connectivity index (χ4n) is 2.22. The lowest BCUT2D eigenvalue weighted by Gasteiger charge is -2.25. The maximum Gasteiger partial charge on any atom is 0.323 e. The average Bonchev–Trinajstić information content (AvgIpc) is 2.63. The summed E-state index contributed by atoms with van der Waals surface area (Å²) in [5, 5.41) is 5.95. The Kier molecular flexibility index (Phi) is 7.60. The molecule has 1 N–H and O–H groups in total. The van der Waals surface area contributed by atoms with Crippen LogP contribution in [0, 0.1) is 0 Å². The summed E-state index contributed by atoms with van der Waals surface area (Å²) in [5.74, 6) is 0.720. The van der Waals surface area contributed by atoms with Crippen molar-refractivity contribution < 1.29 is 9.53 Å². The number of hydrogen-bond acceptors (Lipinski definition) is 4. The standard InChI is InChI=1S/C18H22NO2PS/c1-21-18(20)17(13-14-23-2)19-22(15-9-5-3-6-10-15)16-11-7-4-8-12-16/h3-12,17,19H,13-14H2,1-2H3/t17-/m0/s1. The smallest absolute Gasteiger partial charge is 0.323 e. The quantitative estimate of drug-likeness (QED) is 0.589. The van der Waals surface area contributed by atoms with E-state index in [1.54, 1.807) is 11.8 Å². The molecule has 0 amide bonds. The van der Waals surface area contributed by atoms with Gasteiger partial charge in [-0.2, -0.15) is 11.8 Å². The fraction of sp³-hybridized carbons (Fsp3) is 0.278. The van der Waals surface area contributed by atoms with Gasteiger partial charge in [0.25, 0.3) is 0 Å². The summed E-state index contributed by atoms with van der Waals surface area (Å²) in [5.41, 5.74) is 0. The van der Waals surface area contributed by atoms with Crippen molar-refractivity contribution in [2.24, 2.45) is 0 Å². The van der Waals surface area contributed by atoms with Crippen LogP contribution in [0.4, 0.5) is 0 Å². The number of carbonyl (C=O) groups excluding carboxylic acids is 1. The molecule has 0 aliphatic carbocycles. The molecule has 0 unspecified atom stereocenters. The Hall–Kier alpha value is -1.35. The molecule has 2 rings (SSSR count). The van der Waals surface area contributed by atoms with Crippen molar-refractivity contribution in [3.8, 4) is 0 Å². The number of hydrogen-bond donors (Lipinski definition) is 1. The van der Waals surface area contributed by atoms with Gasteiger partial charge < -0.3 is 4.74 Å². The van der Waals surface area contributed by atoms with E-state index in [1.165, 1.54) is 17.7 Å². The summed E-state index contributed by atoms with van der Waals surface area (Å²) in [7, 11) is 0.643. The molecule has 0 aromatic heterocycles. The zero-order chi connectivity index (χ0) is 16.5. The molecule has 5 heteroatoms. The highest BCUT2D eigenvalue weighted by Gasteiger charge is 2.24. The van der Waals surface area contributed by atoms with Gasteiger partial charge in [-0.3, -0.25) is 9.88 Å². The van der Waals surface area contributed by atoms with Gasteiger partial charge in [-0.05, 0) is 29.0 Å². The van der Waals surface area contributed by atoms with E-state index in [2.05, 4.69) is 29.4 Å².